The lowest BCUT2D eigenvalue weighted by Gasteiger charge is -2.06. The van der Waals surface area contributed by atoms with Gasteiger partial charge in [0.2, 0.25) is 0 Å². The van der Waals surface area contributed by atoms with Gasteiger partial charge in [0.1, 0.15) is 5.15 Å². The quantitative estimate of drug-likeness (QED) is 0.606. The van der Waals surface area contributed by atoms with E-state index in [1.165, 1.54) is 0 Å². The molecule has 0 fully saturated rings. The third-order valence-electron chi connectivity index (χ3n) is 2.86. The second-order valence-electron chi connectivity index (χ2n) is 4.43. The normalized spacial score (nSPS) is 10.9. The van der Waals surface area contributed by atoms with E-state index in [1.54, 1.807) is 29.1 Å². The summed E-state index contributed by atoms with van der Waals surface area (Å²) in [5.74, 6) is 0.510. The summed E-state index contributed by atoms with van der Waals surface area (Å²) in [6.45, 7) is 0. The molecule has 7 heteroatoms. The van der Waals surface area contributed by atoms with Crippen molar-refractivity contribution >= 4 is 39.1 Å². The van der Waals surface area contributed by atoms with Crippen LogP contribution in [0, 0.1) is 0 Å². The first kappa shape index (κ1) is 14.5. The van der Waals surface area contributed by atoms with Gasteiger partial charge in [0.25, 0.3) is 0 Å². The summed E-state index contributed by atoms with van der Waals surface area (Å²) in [5, 5.41) is 5.12. The van der Waals surface area contributed by atoms with E-state index in [1.807, 2.05) is 19.3 Å². The molecule has 0 saturated heterocycles. The van der Waals surface area contributed by atoms with E-state index in [9.17, 15) is 0 Å². The first-order valence-electron chi connectivity index (χ1n) is 6.02. The average molecular weight is 384 g/mol. The van der Waals surface area contributed by atoms with Crippen LogP contribution in [0.4, 0.5) is 0 Å². The first-order chi connectivity index (χ1) is 10.0. The molecule has 0 aliphatic heterocycles. The Balaban J connectivity index is 2.16. The molecule has 0 amide bonds. The molecule has 2 aromatic heterocycles. The Morgan fingerprint density at radius 1 is 1.14 bits per heavy atom. The molecule has 106 valence electrons. The van der Waals surface area contributed by atoms with Gasteiger partial charge < -0.3 is 0 Å². The Morgan fingerprint density at radius 3 is 2.67 bits per heavy atom. The van der Waals surface area contributed by atoms with E-state index in [-0.39, 0.29) is 0 Å². The van der Waals surface area contributed by atoms with Crippen LogP contribution in [-0.4, -0.2) is 19.7 Å². The van der Waals surface area contributed by atoms with Gasteiger partial charge in [-0.2, -0.15) is 5.10 Å². The van der Waals surface area contributed by atoms with Crippen molar-refractivity contribution in [1.82, 2.24) is 19.7 Å². The van der Waals surface area contributed by atoms with Gasteiger partial charge in [0.05, 0.1) is 11.9 Å². The minimum absolute atomic E-state index is 0.366. The zero-order chi connectivity index (χ0) is 15.0. The maximum Gasteiger partial charge on any atom is 0.162 e. The number of halogens is 3. The molecule has 0 aliphatic rings. The average Bonchev–Trinajstić information content (AvgIpc) is 2.87. The Hall–Kier alpha value is -1.43. The zero-order valence-electron chi connectivity index (χ0n) is 10.9. The van der Waals surface area contributed by atoms with Gasteiger partial charge in [-0.1, -0.05) is 39.1 Å². The van der Waals surface area contributed by atoms with Crippen molar-refractivity contribution in [3.8, 4) is 22.6 Å². The summed E-state index contributed by atoms with van der Waals surface area (Å²) in [4.78, 5) is 8.83. The van der Waals surface area contributed by atoms with Gasteiger partial charge in [-0.3, -0.25) is 4.68 Å². The van der Waals surface area contributed by atoms with Crippen LogP contribution in [-0.2, 0) is 7.05 Å². The van der Waals surface area contributed by atoms with Crippen LogP contribution in [0.3, 0.4) is 0 Å². The smallest absolute Gasteiger partial charge is 0.162 e. The van der Waals surface area contributed by atoms with Gasteiger partial charge >= 0.3 is 0 Å². The number of hydrogen-bond acceptors (Lipinski definition) is 3. The monoisotopic (exact) mass is 382 g/mol. The molecule has 21 heavy (non-hydrogen) atoms. The van der Waals surface area contributed by atoms with Crippen LogP contribution in [0.2, 0.25) is 10.2 Å². The second kappa shape index (κ2) is 5.75. The van der Waals surface area contributed by atoms with Gasteiger partial charge in [0, 0.05) is 39.9 Å². The van der Waals surface area contributed by atoms with Crippen molar-refractivity contribution in [3.63, 3.8) is 0 Å². The molecule has 0 saturated carbocycles. The highest BCUT2D eigenvalue weighted by Crippen LogP contribution is 2.31. The maximum atomic E-state index is 6.12. The van der Waals surface area contributed by atoms with E-state index in [4.69, 9.17) is 23.2 Å². The molecule has 1 aromatic carbocycles. The lowest BCUT2D eigenvalue weighted by molar-refractivity contribution is 0.768. The summed E-state index contributed by atoms with van der Waals surface area (Å²) in [6.07, 6.45) is 3.60. The molecule has 0 spiro atoms. The van der Waals surface area contributed by atoms with Crippen LogP contribution in [0.1, 0.15) is 0 Å². The molecule has 0 aliphatic carbocycles. The molecule has 3 rings (SSSR count). The standard InChI is InChI=1S/C14H9BrCl2N4/c1-21-7-8(6-18-21)12-5-13(17)20-14(19-12)10-4-9(16)2-3-11(10)15/h2-7H,1H3. The fourth-order valence-electron chi connectivity index (χ4n) is 1.91. The van der Waals surface area contributed by atoms with E-state index >= 15 is 0 Å². The molecular formula is C14H9BrCl2N4. The van der Waals surface area contributed by atoms with Gasteiger partial charge in [-0.15, -0.1) is 0 Å². The third-order valence-corrected chi connectivity index (χ3v) is 3.99. The fourth-order valence-corrected chi connectivity index (χ4v) is 2.69. The number of rotatable bonds is 2. The number of nitrogens with zero attached hydrogens (tertiary/aromatic N) is 4. The van der Waals surface area contributed by atoms with E-state index in [0.29, 0.717) is 21.7 Å². The first-order valence-corrected chi connectivity index (χ1v) is 7.57. The van der Waals surface area contributed by atoms with Gasteiger partial charge in [0.15, 0.2) is 5.82 Å². The van der Waals surface area contributed by atoms with Crippen molar-refractivity contribution in [1.29, 1.82) is 0 Å². The van der Waals surface area contributed by atoms with Crippen molar-refractivity contribution in [2.45, 2.75) is 0 Å². The SMILES string of the molecule is Cn1cc(-c2cc(Cl)nc(-c3cc(Cl)ccc3Br)n2)cn1. The van der Waals surface area contributed by atoms with Gasteiger partial charge in [-0.25, -0.2) is 9.97 Å². The molecule has 3 aromatic rings. The van der Waals surface area contributed by atoms with E-state index < -0.39 is 0 Å². The molecular weight excluding hydrogens is 375 g/mol. The molecule has 0 N–H and O–H groups in total. The Bertz CT molecular complexity index is 816. The molecule has 4 nitrogen and oxygen atoms in total. The molecule has 0 atom stereocenters. The molecule has 0 unspecified atom stereocenters. The van der Waals surface area contributed by atoms with E-state index in [2.05, 4.69) is 31.0 Å². The lowest BCUT2D eigenvalue weighted by atomic mass is 10.2. The highest BCUT2D eigenvalue weighted by molar-refractivity contribution is 9.10. The number of aryl methyl sites for hydroxylation is 1. The highest BCUT2D eigenvalue weighted by Gasteiger charge is 2.12. The summed E-state index contributed by atoms with van der Waals surface area (Å²) >= 11 is 15.6. The second-order valence-corrected chi connectivity index (χ2v) is 6.10. The van der Waals surface area contributed by atoms with Crippen molar-refractivity contribution < 1.29 is 0 Å². The summed E-state index contributed by atoms with van der Waals surface area (Å²) in [7, 11) is 1.85. The minimum atomic E-state index is 0.366. The van der Waals surface area contributed by atoms with Crippen LogP contribution in [0.5, 0.6) is 0 Å². The van der Waals surface area contributed by atoms with Crippen LogP contribution < -0.4 is 0 Å². The van der Waals surface area contributed by atoms with Crippen LogP contribution in [0.25, 0.3) is 22.6 Å². The van der Waals surface area contributed by atoms with Crippen molar-refractivity contribution in [3.05, 3.63) is 51.3 Å². The van der Waals surface area contributed by atoms with Crippen molar-refractivity contribution in [2.75, 3.05) is 0 Å². The topological polar surface area (TPSA) is 43.6 Å². The molecule has 0 bridgehead atoms. The summed E-state index contributed by atoms with van der Waals surface area (Å²) in [6, 6.07) is 7.15. The van der Waals surface area contributed by atoms with Crippen molar-refractivity contribution in [2.24, 2.45) is 7.05 Å². The fraction of sp³-hybridized carbons (Fsp3) is 0.0714. The highest BCUT2D eigenvalue weighted by atomic mass is 79.9. The zero-order valence-corrected chi connectivity index (χ0v) is 14.0. The Kier molecular flexibility index (Phi) is 3.97. The number of benzene rings is 1. The molecule has 2 heterocycles. The van der Waals surface area contributed by atoms with Crippen LogP contribution >= 0.6 is 39.1 Å². The number of aromatic nitrogens is 4. The van der Waals surface area contributed by atoms with E-state index in [0.717, 1.165) is 15.6 Å². The summed E-state index contributed by atoms with van der Waals surface area (Å²) < 4.78 is 2.56. The lowest BCUT2D eigenvalue weighted by Crippen LogP contribution is -1.93. The minimum Gasteiger partial charge on any atom is -0.275 e. The predicted molar refractivity (Wildman–Crippen MR) is 87.4 cm³/mol. The summed E-state index contributed by atoms with van der Waals surface area (Å²) in [5.41, 5.74) is 2.38. The number of hydrogen-bond donors (Lipinski definition) is 0. The predicted octanol–water partition coefficient (Wildman–Crippen LogP) is 4.61. The van der Waals surface area contributed by atoms with Gasteiger partial charge in [-0.05, 0) is 18.2 Å². The molecule has 0 radical (unpaired) electrons. The van der Waals surface area contributed by atoms with Crippen LogP contribution in [0.15, 0.2) is 41.1 Å². The Morgan fingerprint density at radius 2 is 1.95 bits per heavy atom. The Labute approximate surface area is 139 Å². The largest absolute Gasteiger partial charge is 0.275 e. The maximum absolute atomic E-state index is 6.12. The third kappa shape index (κ3) is 3.10.